The fourth-order valence-corrected chi connectivity index (χ4v) is 1.38. The molecule has 5 nitrogen and oxygen atoms in total. The Morgan fingerprint density at radius 1 is 1.22 bits per heavy atom. The standard InChI is InChI=1S/C13H18O5/c1-4-10-13(2,3)17-18-16-12(14)15-11-8-6-5-7-9-11/h5-9H,4,10H2,1-3H3. The van der Waals surface area contributed by atoms with Crippen molar-refractivity contribution >= 4 is 6.16 Å². The maximum atomic E-state index is 11.2. The highest BCUT2D eigenvalue weighted by atomic mass is 17.5. The van der Waals surface area contributed by atoms with Crippen LogP contribution in [0.1, 0.15) is 33.6 Å². The highest BCUT2D eigenvalue weighted by Crippen LogP contribution is 2.17. The average molecular weight is 254 g/mol. The first-order valence-corrected chi connectivity index (χ1v) is 5.83. The maximum absolute atomic E-state index is 11.2. The first-order valence-electron chi connectivity index (χ1n) is 5.83. The van der Waals surface area contributed by atoms with Gasteiger partial charge in [-0.3, -0.25) is 0 Å². The quantitative estimate of drug-likeness (QED) is 0.336. The van der Waals surface area contributed by atoms with Gasteiger partial charge < -0.3 is 4.74 Å². The zero-order valence-electron chi connectivity index (χ0n) is 10.8. The molecule has 0 atom stereocenters. The third-order valence-electron chi connectivity index (χ3n) is 2.16. The van der Waals surface area contributed by atoms with Crippen molar-refractivity contribution in [1.29, 1.82) is 0 Å². The lowest BCUT2D eigenvalue weighted by molar-refractivity contribution is -0.516. The number of ether oxygens (including phenoxy) is 1. The molecule has 0 N–H and O–H groups in total. The predicted molar refractivity (Wildman–Crippen MR) is 64.7 cm³/mol. The smallest absolute Gasteiger partial charge is 0.393 e. The van der Waals surface area contributed by atoms with Gasteiger partial charge in [0.25, 0.3) is 0 Å². The van der Waals surface area contributed by atoms with E-state index < -0.39 is 11.8 Å². The second-order valence-electron chi connectivity index (χ2n) is 4.41. The van der Waals surface area contributed by atoms with Gasteiger partial charge in [0.1, 0.15) is 11.4 Å². The summed E-state index contributed by atoms with van der Waals surface area (Å²) < 4.78 is 4.82. The molecule has 0 unspecified atom stereocenters. The average Bonchev–Trinajstić information content (AvgIpc) is 2.29. The molecule has 1 rings (SSSR count). The summed E-state index contributed by atoms with van der Waals surface area (Å²) in [5.41, 5.74) is -0.512. The van der Waals surface area contributed by atoms with Crippen LogP contribution in [0.2, 0.25) is 0 Å². The molecule has 0 spiro atoms. The van der Waals surface area contributed by atoms with E-state index in [2.05, 4.69) is 9.93 Å². The van der Waals surface area contributed by atoms with Crippen molar-refractivity contribution in [2.75, 3.05) is 0 Å². The van der Waals surface area contributed by atoms with E-state index in [0.29, 0.717) is 5.75 Å². The molecule has 0 aromatic heterocycles. The Kier molecular flexibility index (Phi) is 5.61. The van der Waals surface area contributed by atoms with Crippen molar-refractivity contribution in [3.8, 4) is 5.75 Å². The number of carbonyl (C=O) groups excluding carboxylic acids is 1. The molecule has 18 heavy (non-hydrogen) atoms. The molecule has 0 amide bonds. The van der Waals surface area contributed by atoms with Crippen LogP contribution in [-0.4, -0.2) is 11.8 Å². The molecule has 0 saturated heterocycles. The number of para-hydroxylation sites is 1. The van der Waals surface area contributed by atoms with E-state index in [1.807, 2.05) is 26.8 Å². The van der Waals surface area contributed by atoms with E-state index in [9.17, 15) is 4.79 Å². The van der Waals surface area contributed by atoms with Crippen molar-refractivity contribution in [3.05, 3.63) is 30.3 Å². The van der Waals surface area contributed by atoms with E-state index >= 15 is 0 Å². The van der Waals surface area contributed by atoms with Gasteiger partial charge in [0.05, 0.1) is 0 Å². The van der Waals surface area contributed by atoms with E-state index in [1.54, 1.807) is 24.3 Å². The minimum Gasteiger partial charge on any atom is -0.393 e. The molecule has 1 aromatic rings. The highest BCUT2D eigenvalue weighted by molar-refractivity contribution is 5.62. The topological polar surface area (TPSA) is 54.0 Å². The van der Waals surface area contributed by atoms with E-state index in [1.165, 1.54) is 0 Å². The fraction of sp³-hybridized carbons (Fsp3) is 0.462. The van der Waals surface area contributed by atoms with Crippen LogP contribution in [0, 0.1) is 0 Å². The molecule has 0 aliphatic carbocycles. The summed E-state index contributed by atoms with van der Waals surface area (Å²) in [5, 5.41) is 4.41. The van der Waals surface area contributed by atoms with Crippen molar-refractivity contribution in [1.82, 2.24) is 0 Å². The van der Waals surface area contributed by atoms with Crippen LogP contribution in [0.4, 0.5) is 4.79 Å². The third-order valence-corrected chi connectivity index (χ3v) is 2.16. The van der Waals surface area contributed by atoms with Crippen molar-refractivity contribution in [2.45, 2.75) is 39.2 Å². The molecule has 1 aromatic carbocycles. The lowest BCUT2D eigenvalue weighted by atomic mass is 10.0. The molecule has 0 radical (unpaired) electrons. The summed E-state index contributed by atoms with van der Waals surface area (Å²) in [6, 6.07) is 8.55. The minimum atomic E-state index is -0.978. The van der Waals surface area contributed by atoms with Gasteiger partial charge in [0.2, 0.25) is 0 Å². The van der Waals surface area contributed by atoms with Crippen LogP contribution in [-0.2, 0) is 14.8 Å². The number of hydrogen-bond acceptors (Lipinski definition) is 5. The van der Waals surface area contributed by atoms with E-state index in [0.717, 1.165) is 12.8 Å². The molecule has 0 aliphatic rings. The zero-order valence-corrected chi connectivity index (χ0v) is 10.8. The molecule has 0 fully saturated rings. The van der Waals surface area contributed by atoms with Crippen LogP contribution < -0.4 is 4.74 Å². The number of rotatable bonds is 6. The van der Waals surface area contributed by atoms with E-state index in [4.69, 9.17) is 9.62 Å². The third kappa shape index (κ3) is 5.65. The summed E-state index contributed by atoms with van der Waals surface area (Å²) in [7, 11) is 0. The van der Waals surface area contributed by atoms with Gasteiger partial charge in [0.15, 0.2) is 0 Å². The number of carbonyl (C=O) groups is 1. The molecule has 0 bridgehead atoms. The largest absolute Gasteiger partial charge is 0.548 e. The SMILES string of the molecule is CCCC(C)(C)OOOC(=O)Oc1ccccc1. The Hall–Kier alpha value is -1.59. The number of hydrogen-bond donors (Lipinski definition) is 0. The molecular formula is C13H18O5. The van der Waals surface area contributed by atoms with E-state index in [-0.39, 0.29) is 0 Å². The van der Waals surface area contributed by atoms with Gasteiger partial charge in [-0.05, 0) is 37.4 Å². The molecule has 0 saturated carbocycles. The van der Waals surface area contributed by atoms with Crippen molar-refractivity contribution in [3.63, 3.8) is 0 Å². The summed E-state index contributed by atoms with van der Waals surface area (Å²) >= 11 is 0. The van der Waals surface area contributed by atoms with Crippen LogP contribution in [0.25, 0.3) is 0 Å². The Bertz CT molecular complexity index is 361. The van der Waals surface area contributed by atoms with Gasteiger partial charge in [-0.1, -0.05) is 31.5 Å². The van der Waals surface area contributed by atoms with Gasteiger partial charge >= 0.3 is 6.16 Å². The van der Waals surface area contributed by atoms with Crippen LogP contribution in [0.3, 0.4) is 0 Å². The van der Waals surface area contributed by atoms with Crippen LogP contribution >= 0.6 is 0 Å². The second-order valence-corrected chi connectivity index (χ2v) is 4.41. The predicted octanol–water partition coefficient (Wildman–Crippen LogP) is 3.64. The normalized spacial score (nSPS) is 11.1. The first kappa shape index (κ1) is 14.5. The Morgan fingerprint density at radius 2 is 1.89 bits per heavy atom. The molecule has 0 aliphatic heterocycles. The Morgan fingerprint density at radius 3 is 2.50 bits per heavy atom. The van der Waals surface area contributed by atoms with Crippen molar-refractivity contribution < 1.29 is 24.3 Å². The van der Waals surface area contributed by atoms with Gasteiger partial charge in [-0.2, -0.15) is 4.89 Å². The summed E-state index contributed by atoms with van der Waals surface area (Å²) in [5.74, 6) is 0.374. The van der Waals surface area contributed by atoms with Gasteiger partial charge in [0, 0.05) is 0 Å². The van der Waals surface area contributed by atoms with Crippen LogP contribution in [0.15, 0.2) is 30.3 Å². The number of benzene rings is 1. The molecule has 0 heterocycles. The first-order chi connectivity index (χ1) is 8.53. The second kappa shape index (κ2) is 6.98. The lowest BCUT2D eigenvalue weighted by Crippen LogP contribution is -2.25. The maximum Gasteiger partial charge on any atom is 0.548 e. The molecule has 5 heteroatoms. The summed E-state index contributed by atoms with van der Waals surface area (Å²) in [6.07, 6.45) is 0.739. The van der Waals surface area contributed by atoms with Crippen LogP contribution in [0.5, 0.6) is 5.75 Å². The monoisotopic (exact) mass is 254 g/mol. The Labute approximate surface area is 106 Å². The molecular weight excluding hydrogens is 236 g/mol. The summed E-state index contributed by atoms with van der Waals surface area (Å²) in [4.78, 5) is 20.5. The Balaban J connectivity index is 2.26. The van der Waals surface area contributed by atoms with Crippen molar-refractivity contribution in [2.24, 2.45) is 0 Å². The van der Waals surface area contributed by atoms with Gasteiger partial charge in [-0.25, -0.2) is 9.68 Å². The zero-order chi connectivity index (χ0) is 13.4. The molecule has 100 valence electrons. The fourth-order valence-electron chi connectivity index (χ4n) is 1.38. The lowest BCUT2D eigenvalue weighted by Gasteiger charge is -2.20. The highest BCUT2D eigenvalue weighted by Gasteiger charge is 2.20. The summed E-state index contributed by atoms with van der Waals surface area (Å²) in [6.45, 7) is 5.69. The minimum absolute atomic E-state index is 0.374. The van der Waals surface area contributed by atoms with Gasteiger partial charge in [-0.15, -0.1) is 0 Å².